The first kappa shape index (κ1) is 23.7. The number of aromatic amines is 1. The third-order valence-electron chi connectivity index (χ3n) is 6.25. The van der Waals surface area contributed by atoms with E-state index in [1.54, 1.807) is 18.2 Å². The lowest BCUT2D eigenvalue weighted by Gasteiger charge is -2.19. The van der Waals surface area contributed by atoms with Crippen molar-refractivity contribution >= 4 is 46.0 Å². The van der Waals surface area contributed by atoms with Crippen molar-refractivity contribution in [3.05, 3.63) is 68.8 Å². The Balaban J connectivity index is 1.34. The van der Waals surface area contributed by atoms with E-state index in [1.165, 1.54) is 17.7 Å². The smallest absolute Gasteiger partial charge is 0.338 e. The quantitative estimate of drug-likeness (QED) is 0.371. The summed E-state index contributed by atoms with van der Waals surface area (Å²) in [4.78, 5) is 28.4. The van der Waals surface area contributed by atoms with Crippen molar-refractivity contribution in [2.24, 2.45) is 0 Å². The van der Waals surface area contributed by atoms with Gasteiger partial charge >= 0.3 is 5.97 Å². The lowest BCUT2D eigenvalue weighted by molar-refractivity contribution is -0.124. The van der Waals surface area contributed by atoms with E-state index in [1.807, 2.05) is 18.2 Å². The molecule has 0 aliphatic heterocycles. The fourth-order valence-electron chi connectivity index (χ4n) is 4.58. The third-order valence-corrected chi connectivity index (χ3v) is 6.82. The molecule has 0 spiro atoms. The second-order valence-electron chi connectivity index (χ2n) is 8.58. The molecule has 0 saturated heterocycles. The van der Waals surface area contributed by atoms with Crippen molar-refractivity contribution in [1.29, 1.82) is 0 Å². The number of rotatable bonds is 8. The molecule has 2 aromatic carbocycles. The van der Waals surface area contributed by atoms with Gasteiger partial charge in [0.1, 0.15) is 0 Å². The van der Waals surface area contributed by atoms with Gasteiger partial charge in [-0.1, -0.05) is 42.6 Å². The molecule has 5 nitrogen and oxygen atoms in total. The zero-order valence-electron chi connectivity index (χ0n) is 18.7. The van der Waals surface area contributed by atoms with Crippen molar-refractivity contribution in [3.8, 4) is 0 Å². The number of aromatic nitrogens is 1. The van der Waals surface area contributed by atoms with Crippen molar-refractivity contribution in [2.45, 2.75) is 51.4 Å². The number of hydrogen-bond donors (Lipinski definition) is 2. The first-order valence-corrected chi connectivity index (χ1v) is 12.2. The number of carbonyl (C=O) groups is 2. The summed E-state index contributed by atoms with van der Waals surface area (Å²) >= 11 is 12.4. The van der Waals surface area contributed by atoms with Gasteiger partial charge in [-0.25, -0.2) is 4.79 Å². The molecular weight excluding hydrogens is 459 g/mol. The summed E-state index contributed by atoms with van der Waals surface area (Å²) in [6.45, 7) is 2.17. The van der Waals surface area contributed by atoms with E-state index in [9.17, 15) is 9.59 Å². The van der Waals surface area contributed by atoms with Crippen LogP contribution in [0.3, 0.4) is 0 Å². The van der Waals surface area contributed by atoms with Crippen LogP contribution in [0.2, 0.25) is 10.0 Å². The van der Waals surface area contributed by atoms with Crippen LogP contribution in [0.15, 0.2) is 36.4 Å². The Morgan fingerprint density at radius 2 is 1.94 bits per heavy atom. The third kappa shape index (κ3) is 5.53. The monoisotopic (exact) mass is 486 g/mol. The topological polar surface area (TPSA) is 71.2 Å². The standard InChI is InChI=1S/C26H28Cl2N2O3/c1-2-5-17(19-10-9-18(27)13-22(19)28)14-29-25(31)15-33-26(32)16-8-11-24-21(12-16)20-6-3-4-7-23(20)30-24/h8-13,17,30H,2-7,14-15H2,1H3,(H,29,31). The summed E-state index contributed by atoms with van der Waals surface area (Å²) in [5.74, 6) is -0.778. The zero-order chi connectivity index (χ0) is 23.4. The molecule has 0 saturated carbocycles. The number of H-pyrrole nitrogens is 1. The molecule has 0 radical (unpaired) electrons. The summed E-state index contributed by atoms with van der Waals surface area (Å²) in [6, 6.07) is 10.9. The van der Waals surface area contributed by atoms with Crippen LogP contribution in [0.4, 0.5) is 0 Å². The molecule has 0 bridgehead atoms. The number of ether oxygens (including phenoxy) is 1. The van der Waals surface area contributed by atoms with E-state index in [-0.39, 0.29) is 18.4 Å². The van der Waals surface area contributed by atoms with Gasteiger partial charge in [-0.3, -0.25) is 4.79 Å². The van der Waals surface area contributed by atoms with Crippen LogP contribution in [0, 0.1) is 0 Å². The fourth-order valence-corrected chi connectivity index (χ4v) is 5.15. The molecule has 3 aromatic rings. The number of nitrogens with one attached hydrogen (secondary N) is 2. The SMILES string of the molecule is CCCC(CNC(=O)COC(=O)c1ccc2[nH]c3c(c2c1)CCCC3)c1ccc(Cl)cc1Cl. The summed E-state index contributed by atoms with van der Waals surface area (Å²) in [7, 11) is 0. The van der Waals surface area contributed by atoms with Gasteiger partial charge in [0.25, 0.3) is 5.91 Å². The van der Waals surface area contributed by atoms with Gasteiger partial charge in [-0.15, -0.1) is 0 Å². The summed E-state index contributed by atoms with van der Waals surface area (Å²) < 4.78 is 5.29. The maximum absolute atomic E-state index is 12.6. The molecule has 1 aliphatic rings. The molecule has 1 amide bonds. The van der Waals surface area contributed by atoms with Crippen LogP contribution < -0.4 is 5.32 Å². The number of fused-ring (bicyclic) bond motifs is 3. The van der Waals surface area contributed by atoms with Crippen LogP contribution >= 0.6 is 23.2 Å². The van der Waals surface area contributed by atoms with Gasteiger partial charge in [0, 0.05) is 39.1 Å². The summed E-state index contributed by atoms with van der Waals surface area (Å²) in [6.07, 6.45) is 6.22. The van der Waals surface area contributed by atoms with Crippen LogP contribution in [0.1, 0.15) is 65.7 Å². The van der Waals surface area contributed by atoms with Crippen molar-refractivity contribution < 1.29 is 14.3 Å². The predicted octanol–water partition coefficient (Wildman–Crippen LogP) is 6.21. The molecule has 2 N–H and O–H groups in total. The molecule has 174 valence electrons. The minimum atomic E-state index is -0.497. The molecule has 1 aromatic heterocycles. The fraction of sp³-hybridized carbons (Fsp3) is 0.385. The Labute approximate surface area is 203 Å². The lowest BCUT2D eigenvalue weighted by atomic mass is 9.94. The Morgan fingerprint density at radius 1 is 1.12 bits per heavy atom. The van der Waals surface area contributed by atoms with E-state index < -0.39 is 5.97 Å². The number of halogens is 2. The molecule has 0 fully saturated rings. The van der Waals surface area contributed by atoms with Crippen molar-refractivity contribution in [3.63, 3.8) is 0 Å². The van der Waals surface area contributed by atoms with E-state index >= 15 is 0 Å². The largest absolute Gasteiger partial charge is 0.452 e. The van der Waals surface area contributed by atoms with Gasteiger partial charge < -0.3 is 15.0 Å². The van der Waals surface area contributed by atoms with Crippen molar-refractivity contribution in [2.75, 3.05) is 13.2 Å². The van der Waals surface area contributed by atoms with Gasteiger partial charge in [0.05, 0.1) is 5.56 Å². The number of aryl methyl sites for hydroxylation is 2. The number of carbonyl (C=O) groups excluding carboxylic acids is 2. The molecule has 4 rings (SSSR count). The number of benzene rings is 2. The van der Waals surface area contributed by atoms with Gasteiger partial charge in [0.2, 0.25) is 0 Å². The molecular formula is C26H28Cl2N2O3. The predicted molar refractivity (Wildman–Crippen MR) is 132 cm³/mol. The van der Waals surface area contributed by atoms with Crippen LogP contribution in [0.25, 0.3) is 10.9 Å². The number of esters is 1. The first-order chi connectivity index (χ1) is 16.0. The molecule has 1 unspecified atom stereocenters. The average molecular weight is 487 g/mol. The Morgan fingerprint density at radius 3 is 2.73 bits per heavy atom. The summed E-state index contributed by atoms with van der Waals surface area (Å²) in [5.41, 5.74) is 5.01. The summed E-state index contributed by atoms with van der Waals surface area (Å²) in [5, 5.41) is 5.11. The second kappa shape index (κ2) is 10.6. The average Bonchev–Trinajstić information content (AvgIpc) is 3.18. The number of amides is 1. The Bertz CT molecular complexity index is 1170. The van der Waals surface area contributed by atoms with E-state index in [2.05, 4.69) is 17.2 Å². The van der Waals surface area contributed by atoms with Crippen LogP contribution in [-0.2, 0) is 22.4 Å². The highest BCUT2D eigenvalue weighted by Crippen LogP contribution is 2.31. The van der Waals surface area contributed by atoms with E-state index in [4.69, 9.17) is 27.9 Å². The van der Waals surface area contributed by atoms with Gasteiger partial charge in [-0.2, -0.15) is 0 Å². The minimum Gasteiger partial charge on any atom is -0.452 e. The Hall–Kier alpha value is -2.50. The minimum absolute atomic E-state index is 0.0570. The van der Waals surface area contributed by atoms with Crippen molar-refractivity contribution in [1.82, 2.24) is 10.3 Å². The zero-order valence-corrected chi connectivity index (χ0v) is 20.2. The maximum atomic E-state index is 12.6. The molecule has 1 aliphatic carbocycles. The Kier molecular flexibility index (Phi) is 7.61. The molecule has 1 atom stereocenters. The lowest BCUT2D eigenvalue weighted by Crippen LogP contribution is -2.32. The van der Waals surface area contributed by atoms with E-state index in [0.717, 1.165) is 48.6 Å². The maximum Gasteiger partial charge on any atom is 0.338 e. The highest BCUT2D eigenvalue weighted by atomic mass is 35.5. The highest BCUT2D eigenvalue weighted by molar-refractivity contribution is 6.35. The number of hydrogen-bond acceptors (Lipinski definition) is 3. The molecule has 33 heavy (non-hydrogen) atoms. The van der Waals surface area contributed by atoms with E-state index in [0.29, 0.717) is 22.2 Å². The normalized spacial score (nSPS) is 14.0. The first-order valence-electron chi connectivity index (χ1n) is 11.5. The van der Waals surface area contributed by atoms with Gasteiger partial charge in [-0.05, 0) is 73.6 Å². The molecule has 7 heteroatoms. The highest BCUT2D eigenvalue weighted by Gasteiger charge is 2.19. The van der Waals surface area contributed by atoms with Crippen LogP contribution in [-0.4, -0.2) is 30.0 Å². The van der Waals surface area contributed by atoms with Gasteiger partial charge in [0.15, 0.2) is 6.61 Å². The van der Waals surface area contributed by atoms with Crippen LogP contribution in [0.5, 0.6) is 0 Å². The molecule has 1 heterocycles. The second-order valence-corrected chi connectivity index (χ2v) is 9.42.